The van der Waals surface area contributed by atoms with E-state index in [1.54, 1.807) is 6.92 Å². The van der Waals surface area contributed by atoms with Crippen LogP contribution in [0.5, 0.6) is 0 Å². The van der Waals surface area contributed by atoms with Gasteiger partial charge in [-0.3, -0.25) is 9.69 Å². The molecule has 1 aliphatic heterocycles. The van der Waals surface area contributed by atoms with Gasteiger partial charge in [-0.25, -0.2) is 4.79 Å². The lowest BCUT2D eigenvalue weighted by atomic mass is 9.99. The Bertz CT molecular complexity index is 475. The highest BCUT2D eigenvalue weighted by atomic mass is 16.6. The van der Waals surface area contributed by atoms with Gasteiger partial charge >= 0.3 is 6.09 Å². The predicted octanol–water partition coefficient (Wildman–Crippen LogP) is 1.66. The van der Waals surface area contributed by atoms with Crippen LogP contribution in [0.1, 0.15) is 25.3 Å². The minimum atomic E-state index is -0.923. The van der Waals surface area contributed by atoms with E-state index >= 15 is 0 Å². The number of benzene rings is 1. The van der Waals surface area contributed by atoms with Gasteiger partial charge in [0, 0.05) is 6.54 Å². The van der Waals surface area contributed by atoms with Crippen molar-refractivity contribution >= 4 is 12.0 Å². The Morgan fingerprint density at radius 3 is 2.68 bits per heavy atom. The molecule has 1 saturated heterocycles. The third kappa shape index (κ3) is 2.70. The molecule has 102 valence electrons. The second-order valence-electron chi connectivity index (χ2n) is 4.93. The van der Waals surface area contributed by atoms with Gasteiger partial charge in [0.25, 0.3) is 0 Å². The summed E-state index contributed by atoms with van der Waals surface area (Å²) in [6.45, 7) is 2.39. The van der Waals surface area contributed by atoms with Crippen LogP contribution >= 0.6 is 0 Å². The van der Waals surface area contributed by atoms with E-state index in [1.807, 2.05) is 30.3 Å². The molecule has 1 atom stereocenters. The molecular weight excluding hydrogens is 244 g/mol. The summed E-state index contributed by atoms with van der Waals surface area (Å²) in [6.07, 6.45) is 0.866. The summed E-state index contributed by atoms with van der Waals surface area (Å²) in [4.78, 5) is 24.9. The smallest absolute Gasteiger partial charge is 0.410 e. The van der Waals surface area contributed by atoms with Gasteiger partial charge in [0.05, 0.1) is 0 Å². The molecule has 5 heteroatoms. The van der Waals surface area contributed by atoms with Crippen LogP contribution in [-0.4, -0.2) is 29.0 Å². The first-order valence-electron chi connectivity index (χ1n) is 6.32. The first-order valence-corrected chi connectivity index (χ1v) is 6.32. The van der Waals surface area contributed by atoms with Crippen LogP contribution in [0.15, 0.2) is 30.3 Å². The fourth-order valence-corrected chi connectivity index (χ4v) is 2.31. The molecule has 2 N–H and O–H groups in total. The summed E-state index contributed by atoms with van der Waals surface area (Å²) in [6, 6.07) is 9.42. The molecule has 0 spiro atoms. The number of nitrogens with zero attached hydrogens (tertiary/aromatic N) is 1. The number of ether oxygens (including phenoxy) is 1. The summed E-state index contributed by atoms with van der Waals surface area (Å²) in [5.74, 6) is -0.485. The number of rotatable bonds is 3. The molecule has 19 heavy (non-hydrogen) atoms. The van der Waals surface area contributed by atoms with Crippen molar-refractivity contribution in [2.24, 2.45) is 5.73 Å². The standard InChI is InChI=1S/C14H18N2O3/c1-14(12(15)17)8-5-9-16(14)13(18)19-10-11-6-3-2-4-7-11/h2-4,6-7H,5,8-10H2,1H3,(H2,15,17). The zero-order valence-electron chi connectivity index (χ0n) is 11.0. The topological polar surface area (TPSA) is 72.6 Å². The number of amides is 2. The van der Waals surface area contributed by atoms with Crippen LogP contribution in [-0.2, 0) is 16.1 Å². The van der Waals surface area contributed by atoms with Crippen LogP contribution < -0.4 is 5.73 Å². The van der Waals surface area contributed by atoms with Crippen molar-refractivity contribution < 1.29 is 14.3 Å². The molecule has 1 aromatic rings. The van der Waals surface area contributed by atoms with E-state index in [-0.39, 0.29) is 6.61 Å². The molecule has 2 amide bonds. The fourth-order valence-electron chi connectivity index (χ4n) is 2.31. The third-order valence-electron chi connectivity index (χ3n) is 3.60. The highest BCUT2D eigenvalue weighted by Gasteiger charge is 2.45. The summed E-state index contributed by atoms with van der Waals surface area (Å²) in [5, 5.41) is 0. The van der Waals surface area contributed by atoms with Gasteiger partial charge in [0.2, 0.25) is 5.91 Å². The number of likely N-dealkylation sites (tertiary alicyclic amines) is 1. The molecule has 1 fully saturated rings. The normalized spacial score (nSPS) is 22.3. The predicted molar refractivity (Wildman–Crippen MR) is 70.2 cm³/mol. The molecular formula is C14H18N2O3. The van der Waals surface area contributed by atoms with Crippen LogP contribution in [0.4, 0.5) is 4.79 Å². The summed E-state index contributed by atoms with van der Waals surface area (Å²) < 4.78 is 5.24. The molecule has 0 aliphatic carbocycles. The van der Waals surface area contributed by atoms with Crippen LogP contribution in [0.2, 0.25) is 0 Å². The number of primary amides is 1. The summed E-state index contributed by atoms with van der Waals surface area (Å²) >= 11 is 0. The quantitative estimate of drug-likeness (QED) is 0.900. The minimum Gasteiger partial charge on any atom is -0.445 e. The van der Waals surface area contributed by atoms with Gasteiger partial charge in [-0.1, -0.05) is 30.3 Å². The Morgan fingerprint density at radius 1 is 1.37 bits per heavy atom. The maximum atomic E-state index is 12.0. The molecule has 1 heterocycles. The molecule has 5 nitrogen and oxygen atoms in total. The zero-order valence-corrected chi connectivity index (χ0v) is 11.0. The maximum absolute atomic E-state index is 12.0. The lowest BCUT2D eigenvalue weighted by molar-refractivity contribution is -0.127. The number of carbonyl (C=O) groups excluding carboxylic acids is 2. The maximum Gasteiger partial charge on any atom is 0.410 e. The monoisotopic (exact) mass is 262 g/mol. The van der Waals surface area contributed by atoms with Crippen molar-refractivity contribution in [3.8, 4) is 0 Å². The van der Waals surface area contributed by atoms with Crippen LogP contribution in [0.3, 0.4) is 0 Å². The average molecular weight is 262 g/mol. The fraction of sp³-hybridized carbons (Fsp3) is 0.429. The third-order valence-corrected chi connectivity index (χ3v) is 3.60. The lowest BCUT2D eigenvalue weighted by Crippen LogP contribution is -2.53. The molecule has 0 saturated carbocycles. The molecule has 1 unspecified atom stereocenters. The van der Waals surface area contributed by atoms with Crippen molar-refractivity contribution in [3.63, 3.8) is 0 Å². The van der Waals surface area contributed by atoms with Gasteiger partial charge in [0.1, 0.15) is 12.1 Å². The van der Waals surface area contributed by atoms with Crippen molar-refractivity contribution in [1.29, 1.82) is 0 Å². The molecule has 0 bridgehead atoms. The summed E-state index contributed by atoms with van der Waals surface area (Å²) in [5.41, 5.74) is 5.37. The van der Waals surface area contributed by atoms with Crippen LogP contribution in [0, 0.1) is 0 Å². The number of nitrogens with two attached hydrogens (primary N) is 1. The second-order valence-corrected chi connectivity index (χ2v) is 4.93. The SMILES string of the molecule is CC1(C(N)=O)CCCN1C(=O)OCc1ccccc1. The van der Waals surface area contributed by atoms with E-state index in [4.69, 9.17) is 10.5 Å². The molecule has 2 rings (SSSR count). The first kappa shape index (κ1) is 13.4. The first-order chi connectivity index (χ1) is 9.04. The summed E-state index contributed by atoms with van der Waals surface area (Å²) in [7, 11) is 0. The number of hydrogen-bond acceptors (Lipinski definition) is 3. The van der Waals surface area contributed by atoms with E-state index in [0.717, 1.165) is 12.0 Å². The highest BCUT2D eigenvalue weighted by molar-refractivity contribution is 5.88. The van der Waals surface area contributed by atoms with Gasteiger partial charge in [-0.2, -0.15) is 0 Å². The Balaban J connectivity index is 1.98. The van der Waals surface area contributed by atoms with E-state index < -0.39 is 17.5 Å². The van der Waals surface area contributed by atoms with Crippen LogP contribution in [0.25, 0.3) is 0 Å². The average Bonchev–Trinajstić information content (AvgIpc) is 2.81. The van der Waals surface area contributed by atoms with E-state index in [1.165, 1.54) is 4.90 Å². The molecule has 0 aromatic heterocycles. The van der Waals surface area contributed by atoms with Gasteiger partial charge in [-0.15, -0.1) is 0 Å². The lowest BCUT2D eigenvalue weighted by Gasteiger charge is -2.31. The Kier molecular flexibility index (Phi) is 3.74. The molecule has 0 radical (unpaired) electrons. The largest absolute Gasteiger partial charge is 0.445 e. The zero-order chi connectivity index (χ0) is 13.9. The van der Waals surface area contributed by atoms with Crippen molar-refractivity contribution in [1.82, 2.24) is 4.90 Å². The van der Waals surface area contributed by atoms with E-state index in [2.05, 4.69) is 0 Å². The Labute approximate surface area is 112 Å². The van der Waals surface area contributed by atoms with E-state index in [9.17, 15) is 9.59 Å². The van der Waals surface area contributed by atoms with Gasteiger partial charge < -0.3 is 10.5 Å². The minimum absolute atomic E-state index is 0.199. The molecule has 1 aliphatic rings. The molecule has 1 aromatic carbocycles. The van der Waals surface area contributed by atoms with Gasteiger partial charge in [-0.05, 0) is 25.3 Å². The van der Waals surface area contributed by atoms with E-state index in [0.29, 0.717) is 13.0 Å². The van der Waals surface area contributed by atoms with Gasteiger partial charge in [0.15, 0.2) is 0 Å². The number of hydrogen-bond donors (Lipinski definition) is 1. The number of carbonyl (C=O) groups is 2. The van der Waals surface area contributed by atoms with Crippen molar-refractivity contribution in [2.45, 2.75) is 31.9 Å². The highest BCUT2D eigenvalue weighted by Crippen LogP contribution is 2.29. The Hall–Kier alpha value is -2.04. The van der Waals surface area contributed by atoms with Crippen molar-refractivity contribution in [3.05, 3.63) is 35.9 Å². The second kappa shape index (κ2) is 5.30. The Morgan fingerprint density at radius 2 is 2.05 bits per heavy atom. The van der Waals surface area contributed by atoms with Crippen molar-refractivity contribution in [2.75, 3.05) is 6.54 Å².